The van der Waals surface area contributed by atoms with Crippen LogP contribution in [0.25, 0.3) is 0 Å². The molecule has 0 spiro atoms. The van der Waals surface area contributed by atoms with E-state index >= 15 is 0 Å². The second-order valence-corrected chi connectivity index (χ2v) is 6.79. The maximum Gasteiger partial charge on any atom is 0.240 e. The lowest BCUT2D eigenvalue weighted by Crippen LogP contribution is -2.41. The number of hydrogen-bond acceptors (Lipinski definition) is 4. The van der Waals surface area contributed by atoms with Gasteiger partial charge in [0, 0.05) is 24.9 Å². The van der Waals surface area contributed by atoms with Crippen LogP contribution in [0.2, 0.25) is 0 Å². The average Bonchev–Trinajstić information content (AvgIpc) is 2.39. The second-order valence-electron chi connectivity index (χ2n) is 5.08. The normalized spacial score (nSPS) is 23.5. The van der Waals surface area contributed by atoms with Crippen molar-refractivity contribution in [3.8, 4) is 0 Å². The van der Waals surface area contributed by atoms with Crippen molar-refractivity contribution in [3.63, 3.8) is 0 Å². The lowest BCUT2D eigenvalue weighted by molar-refractivity contribution is 0.0173. The van der Waals surface area contributed by atoms with Gasteiger partial charge in [0.25, 0.3) is 0 Å². The minimum atomic E-state index is -3.45. The Kier molecular flexibility index (Phi) is 5.01. The van der Waals surface area contributed by atoms with Gasteiger partial charge in [-0.3, -0.25) is 0 Å². The summed E-state index contributed by atoms with van der Waals surface area (Å²) < 4.78 is 32.8. The van der Waals surface area contributed by atoms with Gasteiger partial charge in [0.2, 0.25) is 10.0 Å². The molecule has 0 aliphatic carbocycles. The van der Waals surface area contributed by atoms with Crippen LogP contribution in [0.4, 0.5) is 5.69 Å². The van der Waals surface area contributed by atoms with Gasteiger partial charge < -0.3 is 10.1 Å². The minimum Gasteiger partial charge on any atom is -0.385 e. The van der Waals surface area contributed by atoms with Crippen LogP contribution in [-0.4, -0.2) is 33.7 Å². The van der Waals surface area contributed by atoms with Crippen LogP contribution >= 0.6 is 0 Å². The van der Waals surface area contributed by atoms with E-state index in [9.17, 15) is 8.42 Å². The fraction of sp³-hybridized carbons (Fsp3) is 0.571. The highest BCUT2D eigenvalue weighted by molar-refractivity contribution is 7.89. The van der Waals surface area contributed by atoms with Crippen molar-refractivity contribution < 1.29 is 13.2 Å². The molecule has 5 nitrogen and oxygen atoms in total. The number of anilines is 1. The predicted molar refractivity (Wildman–Crippen MR) is 79.4 cm³/mol. The minimum absolute atomic E-state index is 0.0443. The van der Waals surface area contributed by atoms with Gasteiger partial charge in [-0.25, -0.2) is 13.1 Å². The summed E-state index contributed by atoms with van der Waals surface area (Å²) in [4.78, 5) is 0.304. The number of ether oxygens (including phenoxy) is 1. The number of hydrogen-bond donors (Lipinski definition) is 2. The van der Waals surface area contributed by atoms with E-state index in [1.54, 1.807) is 24.3 Å². The molecule has 1 aliphatic heterocycles. The van der Waals surface area contributed by atoms with Gasteiger partial charge in [0.1, 0.15) is 0 Å². The van der Waals surface area contributed by atoms with Gasteiger partial charge in [-0.05, 0) is 51.0 Å². The molecule has 112 valence electrons. The third-order valence-electron chi connectivity index (χ3n) is 3.35. The number of sulfonamides is 1. The lowest BCUT2D eigenvalue weighted by Gasteiger charge is -2.27. The summed E-state index contributed by atoms with van der Waals surface area (Å²) >= 11 is 0. The highest BCUT2D eigenvalue weighted by atomic mass is 32.2. The van der Waals surface area contributed by atoms with Gasteiger partial charge in [-0.2, -0.15) is 0 Å². The summed E-state index contributed by atoms with van der Waals surface area (Å²) in [6, 6.07) is 6.78. The van der Waals surface area contributed by atoms with Crippen molar-refractivity contribution in [2.45, 2.75) is 43.7 Å². The van der Waals surface area contributed by atoms with E-state index in [1.165, 1.54) is 0 Å². The Labute approximate surface area is 120 Å². The topological polar surface area (TPSA) is 67.4 Å². The van der Waals surface area contributed by atoms with Crippen LogP contribution in [0.5, 0.6) is 0 Å². The van der Waals surface area contributed by atoms with E-state index in [0.717, 1.165) is 18.7 Å². The molecule has 2 atom stereocenters. The molecular weight excluding hydrogens is 276 g/mol. The Balaban J connectivity index is 2.05. The summed E-state index contributed by atoms with van der Waals surface area (Å²) in [6.07, 6.45) is 1.54. The smallest absolute Gasteiger partial charge is 0.240 e. The van der Waals surface area contributed by atoms with Gasteiger partial charge >= 0.3 is 0 Å². The molecule has 0 bridgehead atoms. The molecule has 1 saturated heterocycles. The molecule has 2 N–H and O–H groups in total. The Hall–Kier alpha value is -1.11. The molecule has 2 rings (SSSR count). The first-order chi connectivity index (χ1) is 9.51. The van der Waals surface area contributed by atoms with E-state index in [1.807, 2.05) is 13.8 Å². The fourth-order valence-corrected chi connectivity index (χ4v) is 3.63. The van der Waals surface area contributed by atoms with Crippen LogP contribution in [0.1, 0.15) is 26.7 Å². The van der Waals surface area contributed by atoms with Crippen LogP contribution in [0.3, 0.4) is 0 Å². The highest BCUT2D eigenvalue weighted by Gasteiger charge is 2.24. The third kappa shape index (κ3) is 3.94. The molecule has 1 heterocycles. The Bertz CT molecular complexity index is 528. The van der Waals surface area contributed by atoms with Crippen LogP contribution in [0, 0.1) is 0 Å². The largest absolute Gasteiger partial charge is 0.385 e. The molecule has 0 amide bonds. The summed E-state index contributed by atoms with van der Waals surface area (Å²) in [5, 5.41) is 3.14. The number of nitrogens with one attached hydrogen (secondary N) is 2. The maximum absolute atomic E-state index is 12.3. The summed E-state index contributed by atoms with van der Waals surface area (Å²) in [5.74, 6) is 0. The molecule has 20 heavy (non-hydrogen) atoms. The third-order valence-corrected chi connectivity index (χ3v) is 4.89. The molecule has 1 aromatic rings. The van der Waals surface area contributed by atoms with Crippen molar-refractivity contribution in [1.29, 1.82) is 0 Å². The summed E-state index contributed by atoms with van der Waals surface area (Å²) in [6.45, 7) is 5.38. The molecule has 1 fully saturated rings. The quantitative estimate of drug-likeness (QED) is 0.872. The Morgan fingerprint density at radius 1 is 1.30 bits per heavy atom. The monoisotopic (exact) mass is 298 g/mol. The molecule has 6 heteroatoms. The molecule has 1 aliphatic rings. The number of benzene rings is 1. The van der Waals surface area contributed by atoms with Crippen molar-refractivity contribution in [1.82, 2.24) is 4.72 Å². The zero-order chi connectivity index (χ0) is 14.6. The molecule has 0 aromatic heterocycles. The predicted octanol–water partition coefficient (Wildman–Crippen LogP) is 1.96. The zero-order valence-corrected chi connectivity index (χ0v) is 12.7. The zero-order valence-electron chi connectivity index (χ0n) is 11.9. The van der Waals surface area contributed by atoms with E-state index < -0.39 is 10.0 Å². The molecule has 0 saturated carbocycles. The van der Waals surface area contributed by atoms with Crippen molar-refractivity contribution >= 4 is 15.7 Å². The van der Waals surface area contributed by atoms with Gasteiger partial charge in [-0.15, -0.1) is 0 Å². The van der Waals surface area contributed by atoms with Crippen LogP contribution in [-0.2, 0) is 14.8 Å². The standard InChI is InChI=1S/C14H22N2O3S/c1-3-15-12-4-6-14(7-5-12)20(17,18)16-13-8-9-19-11(2)10-13/h4-7,11,13,15-16H,3,8-10H2,1-2H3. The van der Waals surface area contributed by atoms with Gasteiger partial charge in [0.15, 0.2) is 0 Å². The Morgan fingerprint density at radius 2 is 2.00 bits per heavy atom. The lowest BCUT2D eigenvalue weighted by atomic mass is 10.1. The van der Waals surface area contributed by atoms with E-state index in [4.69, 9.17) is 4.74 Å². The van der Waals surface area contributed by atoms with E-state index in [0.29, 0.717) is 17.9 Å². The SMILES string of the molecule is CCNc1ccc(S(=O)(=O)NC2CCOC(C)C2)cc1. The molecular formula is C14H22N2O3S. The van der Waals surface area contributed by atoms with Crippen molar-refractivity contribution in [3.05, 3.63) is 24.3 Å². The highest BCUT2D eigenvalue weighted by Crippen LogP contribution is 2.18. The molecule has 1 aromatic carbocycles. The maximum atomic E-state index is 12.3. The fourth-order valence-electron chi connectivity index (χ4n) is 2.35. The van der Waals surface area contributed by atoms with Crippen LogP contribution in [0.15, 0.2) is 29.2 Å². The average molecular weight is 298 g/mol. The van der Waals surface area contributed by atoms with Crippen molar-refractivity contribution in [2.75, 3.05) is 18.5 Å². The first kappa shape index (κ1) is 15.3. The summed E-state index contributed by atoms with van der Waals surface area (Å²) in [5.41, 5.74) is 0.922. The number of rotatable bonds is 5. The van der Waals surface area contributed by atoms with Gasteiger partial charge in [-0.1, -0.05) is 0 Å². The van der Waals surface area contributed by atoms with Gasteiger partial charge in [0.05, 0.1) is 11.0 Å². The first-order valence-electron chi connectivity index (χ1n) is 6.99. The Morgan fingerprint density at radius 3 is 2.60 bits per heavy atom. The first-order valence-corrected chi connectivity index (χ1v) is 8.47. The van der Waals surface area contributed by atoms with E-state index in [-0.39, 0.29) is 12.1 Å². The van der Waals surface area contributed by atoms with E-state index in [2.05, 4.69) is 10.0 Å². The van der Waals surface area contributed by atoms with Crippen LogP contribution < -0.4 is 10.0 Å². The molecule has 2 unspecified atom stereocenters. The summed E-state index contributed by atoms with van der Waals surface area (Å²) in [7, 11) is -3.45. The second kappa shape index (κ2) is 6.56. The molecule has 0 radical (unpaired) electrons. The van der Waals surface area contributed by atoms with Crippen molar-refractivity contribution in [2.24, 2.45) is 0 Å².